The lowest BCUT2D eigenvalue weighted by Crippen LogP contribution is -2.04. The number of aryl methyl sites for hydroxylation is 1. The van der Waals surface area contributed by atoms with Crippen LogP contribution in [0, 0.1) is 12.8 Å². The van der Waals surface area contributed by atoms with Crippen LogP contribution in [-0.4, -0.2) is 0 Å². The quantitative estimate of drug-likeness (QED) is 0.618. The zero-order valence-electron chi connectivity index (χ0n) is 8.81. The molecule has 0 aliphatic heterocycles. The Morgan fingerprint density at radius 1 is 1.36 bits per heavy atom. The third kappa shape index (κ3) is 2.83. The second kappa shape index (κ2) is 5.66. The van der Waals surface area contributed by atoms with Gasteiger partial charge in [0.15, 0.2) is 0 Å². The van der Waals surface area contributed by atoms with E-state index < -0.39 is 0 Å². The SMILES string of the molecule is CCC(CC)C(Br)c1sc(C)cc1Br. The average Bonchev–Trinajstić information content (AvgIpc) is 2.47. The second-order valence-corrected chi connectivity index (χ2v) is 6.68. The number of halogens is 2. The summed E-state index contributed by atoms with van der Waals surface area (Å²) in [5.74, 6) is 0.740. The molecule has 0 amide bonds. The molecule has 0 aliphatic rings. The predicted octanol–water partition coefficient (Wildman–Crippen LogP) is 5.69. The topological polar surface area (TPSA) is 0 Å². The molecule has 0 saturated heterocycles. The number of hydrogen-bond acceptors (Lipinski definition) is 1. The molecular formula is C11H16Br2S. The number of hydrogen-bond donors (Lipinski definition) is 0. The van der Waals surface area contributed by atoms with Gasteiger partial charge in [-0.05, 0) is 34.8 Å². The summed E-state index contributed by atoms with van der Waals surface area (Å²) in [6.45, 7) is 6.68. The second-order valence-electron chi connectivity index (χ2n) is 3.55. The Labute approximate surface area is 107 Å². The van der Waals surface area contributed by atoms with Crippen molar-refractivity contribution in [1.82, 2.24) is 0 Å². The lowest BCUT2D eigenvalue weighted by molar-refractivity contribution is 0.490. The average molecular weight is 340 g/mol. The van der Waals surface area contributed by atoms with Crippen LogP contribution < -0.4 is 0 Å². The fraction of sp³-hybridized carbons (Fsp3) is 0.636. The third-order valence-electron chi connectivity index (χ3n) is 2.55. The van der Waals surface area contributed by atoms with Crippen LogP contribution in [0.15, 0.2) is 10.5 Å². The van der Waals surface area contributed by atoms with Gasteiger partial charge >= 0.3 is 0 Å². The lowest BCUT2D eigenvalue weighted by Gasteiger charge is -2.18. The maximum atomic E-state index is 3.82. The molecule has 14 heavy (non-hydrogen) atoms. The molecule has 1 aromatic rings. The van der Waals surface area contributed by atoms with Crippen LogP contribution in [0.5, 0.6) is 0 Å². The zero-order chi connectivity index (χ0) is 10.7. The maximum Gasteiger partial charge on any atom is 0.0528 e. The normalized spacial score (nSPS) is 13.6. The van der Waals surface area contributed by atoms with Crippen LogP contribution in [-0.2, 0) is 0 Å². The van der Waals surface area contributed by atoms with Crippen LogP contribution in [0.3, 0.4) is 0 Å². The first-order valence-corrected chi connectivity index (χ1v) is 7.52. The minimum atomic E-state index is 0.505. The smallest absolute Gasteiger partial charge is 0.0528 e. The highest BCUT2D eigenvalue weighted by molar-refractivity contribution is 9.11. The summed E-state index contributed by atoms with van der Waals surface area (Å²) in [5, 5.41) is 0. The Hall–Kier alpha value is 0.660. The van der Waals surface area contributed by atoms with Gasteiger partial charge < -0.3 is 0 Å². The van der Waals surface area contributed by atoms with E-state index in [1.807, 2.05) is 11.3 Å². The summed E-state index contributed by atoms with van der Waals surface area (Å²) in [7, 11) is 0. The van der Waals surface area contributed by atoms with Gasteiger partial charge in [0.2, 0.25) is 0 Å². The van der Waals surface area contributed by atoms with Crippen molar-refractivity contribution in [2.24, 2.45) is 5.92 Å². The molecule has 0 spiro atoms. The highest BCUT2D eigenvalue weighted by Crippen LogP contribution is 2.42. The summed E-state index contributed by atoms with van der Waals surface area (Å²) < 4.78 is 1.26. The summed E-state index contributed by atoms with van der Waals surface area (Å²) in [6.07, 6.45) is 2.46. The molecule has 0 aliphatic carbocycles. The minimum Gasteiger partial charge on any atom is -0.143 e. The van der Waals surface area contributed by atoms with Crippen LogP contribution >= 0.6 is 43.2 Å². The Balaban J connectivity index is 2.87. The molecule has 3 heteroatoms. The van der Waals surface area contributed by atoms with Crippen LogP contribution in [0.4, 0.5) is 0 Å². The summed E-state index contributed by atoms with van der Waals surface area (Å²) in [5.41, 5.74) is 0. The van der Waals surface area contributed by atoms with Crippen molar-refractivity contribution in [3.63, 3.8) is 0 Å². The molecule has 1 unspecified atom stereocenters. The minimum absolute atomic E-state index is 0.505. The molecule has 0 radical (unpaired) electrons. The van der Waals surface area contributed by atoms with E-state index in [1.54, 1.807) is 0 Å². The molecule has 0 nitrogen and oxygen atoms in total. The highest BCUT2D eigenvalue weighted by Gasteiger charge is 2.21. The summed E-state index contributed by atoms with van der Waals surface area (Å²) in [4.78, 5) is 3.32. The molecule has 80 valence electrons. The fourth-order valence-corrected chi connectivity index (χ4v) is 5.16. The maximum absolute atomic E-state index is 3.82. The van der Waals surface area contributed by atoms with E-state index in [2.05, 4.69) is 58.7 Å². The third-order valence-corrected chi connectivity index (χ3v) is 6.11. The van der Waals surface area contributed by atoms with Crippen molar-refractivity contribution in [3.8, 4) is 0 Å². The molecule has 0 bridgehead atoms. The van der Waals surface area contributed by atoms with E-state index >= 15 is 0 Å². The molecular weight excluding hydrogens is 324 g/mol. The predicted molar refractivity (Wildman–Crippen MR) is 72.5 cm³/mol. The lowest BCUT2D eigenvalue weighted by atomic mass is 9.98. The van der Waals surface area contributed by atoms with E-state index in [0.29, 0.717) is 4.83 Å². The van der Waals surface area contributed by atoms with Crippen molar-refractivity contribution in [3.05, 3.63) is 20.3 Å². The van der Waals surface area contributed by atoms with Crippen LogP contribution in [0.2, 0.25) is 0 Å². The number of rotatable bonds is 4. The zero-order valence-corrected chi connectivity index (χ0v) is 12.8. The Morgan fingerprint density at radius 2 is 1.93 bits per heavy atom. The van der Waals surface area contributed by atoms with Gasteiger partial charge in [0.25, 0.3) is 0 Å². The number of alkyl halides is 1. The number of thiophene rings is 1. The van der Waals surface area contributed by atoms with Crippen molar-refractivity contribution >= 4 is 43.2 Å². The van der Waals surface area contributed by atoms with Crippen molar-refractivity contribution in [2.45, 2.75) is 38.4 Å². The molecule has 1 atom stereocenters. The van der Waals surface area contributed by atoms with E-state index in [4.69, 9.17) is 0 Å². The first-order valence-electron chi connectivity index (χ1n) is 5.00. The van der Waals surface area contributed by atoms with Gasteiger partial charge in [-0.1, -0.05) is 42.6 Å². The van der Waals surface area contributed by atoms with Crippen molar-refractivity contribution in [2.75, 3.05) is 0 Å². The van der Waals surface area contributed by atoms with Crippen LogP contribution in [0.25, 0.3) is 0 Å². The van der Waals surface area contributed by atoms with Gasteiger partial charge in [0.1, 0.15) is 0 Å². The summed E-state index contributed by atoms with van der Waals surface area (Å²) >= 11 is 9.33. The summed E-state index contributed by atoms with van der Waals surface area (Å²) in [6, 6.07) is 2.20. The Morgan fingerprint density at radius 3 is 2.29 bits per heavy atom. The molecule has 0 aromatic carbocycles. The van der Waals surface area contributed by atoms with Gasteiger partial charge in [-0.2, -0.15) is 0 Å². The standard InChI is InChI=1S/C11H16Br2S/c1-4-8(5-2)10(13)11-9(12)6-7(3)14-11/h6,8,10H,4-5H2,1-3H3. The van der Waals surface area contributed by atoms with Crippen molar-refractivity contribution in [1.29, 1.82) is 0 Å². The molecule has 0 fully saturated rings. The fourth-order valence-electron chi connectivity index (χ4n) is 1.61. The largest absolute Gasteiger partial charge is 0.143 e. The van der Waals surface area contributed by atoms with Gasteiger partial charge in [-0.3, -0.25) is 0 Å². The van der Waals surface area contributed by atoms with E-state index in [0.717, 1.165) is 5.92 Å². The first-order chi connectivity index (χ1) is 6.60. The van der Waals surface area contributed by atoms with Crippen LogP contribution in [0.1, 0.15) is 41.3 Å². The Kier molecular flexibility index (Phi) is 5.15. The van der Waals surface area contributed by atoms with Gasteiger partial charge in [0.05, 0.1) is 4.83 Å². The Bertz CT molecular complexity index is 289. The van der Waals surface area contributed by atoms with E-state index in [9.17, 15) is 0 Å². The molecule has 1 heterocycles. The van der Waals surface area contributed by atoms with Gasteiger partial charge in [-0.15, -0.1) is 11.3 Å². The van der Waals surface area contributed by atoms with Gasteiger partial charge in [-0.25, -0.2) is 0 Å². The first kappa shape index (κ1) is 12.7. The molecule has 1 aromatic heterocycles. The highest BCUT2D eigenvalue weighted by atomic mass is 79.9. The van der Waals surface area contributed by atoms with Gasteiger partial charge in [0, 0.05) is 14.2 Å². The molecule has 0 saturated carbocycles. The molecule has 1 rings (SSSR count). The monoisotopic (exact) mass is 338 g/mol. The molecule has 0 N–H and O–H groups in total. The van der Waals surface area contributed by atoms with Crippen molar-refractivity contribution < 1.29 is 0 Å². The van der Waals surface area contributed by atoms with E-state index in [1.165, 1.54) is 27.1 Å². The van der Waals surface area contributed by atoms with E-state index in [-0.39, 0.29) is 0 Å².